The van der Waals surface area contributed by atoms with Crippen molar-refractivity contribution in [3.63, 3.8) is 0 Å². The van der Waals surface area contributed by atoms with E-state index in [1.165, 1.54) is 0 Å². The average Bonchev–Trinajstić information content (AvgIpc) is 3.42. The van der Waals surface area contributed by atoms with E-state index < -0.39 is 0 Å². The van der Waals surface area contributed by atoms with Gasteiger partial charge in [0, 0.05) is 17.0 Å². The molecule has 1 atom stereocenters. The van der Waals surface area contributed by atoms with Crippen LogP contribution >= 0.6 is 11.6 Å². The van der Waals surface area contributed by atoms with E-state index in [0.717, 1.165) is 39.9 Å². The summed E-state index contributed by atoms with van der Waals surface area (Å²) in [5, 5.41) is 5.49. The van der Waals surface area contributed by atoms with Crippen LogP contribution in [-0.4, -0.2) is 15.5 Å². The standard InChI is InChI=1S/C21H16ClN3O2/c1-13-20(14-6-8-15(22)9-7-14)21-23-16(18-4-2-10-26-18)12-17(25(21)24-13)19-5-3-11-27-19/h2-11,17H,12H2,1H3/t17-/m0/s1. The fraction of sp³-hybridized carbons (Fsp3) is 0.143. The van der Waals surface area contributed by atoms with Crippen molar-refractivity contribution in [1.82, 2.24) is 9.78 Å². The highest BCUT2D eigenvalue weighted by Gasteiger charge is 2.31. The molecule has 4 heterocycles. The van der Waals surface area contributed by atoms with Gasteiger partial charge < -0.3 is 8.83 Å². The first kappa shape index (κ1) is 16.1. The van der Waals surface area contributed by atoms with Crippen LogP contribution in [-0.2, 0) is 0 Å². The van der Waals surface area contributed by atoms with E-state index in [1.54, 1.807) is 12.5 Å². The molecule has 1 aromatic carbocycles. The lowest BCUT2D eigenvalue weighted by molar-refractivity contribution is 0.407. The third-order valence-electron chi connectivity index (χ3n) is 4.79. The van der Waals surface area contributed by atoms with Crippen molar-refractivity contribution in [3.05, 3.63) is 83.3 Å². The number of fused-ring (bicyclic) bond motifs is 1. The zero-order chi connectivity index (χ0) is 18.4. The van der Waals surface area contributed by atoms with Gasteiger partial charge in [-0.3, -0.25) is 0 Å². The molecule has 0 radical (unpaired) electrons. The topological polar surface area (TPSA) is 56.5 Å². The van der Waals surface area contributed by atoms with Gasteiger partial charge in [0.25, 0.3) is 0 Å². The van der Waals surface area contributed by atoms with E-state index in [9.17, 15) is 0 Å². The Morgan fingerprint density at radius 3 is 2.52 bits per heavy atom. The van der Waals surface area contributed by atoms with Crippen LogP contribution in [0.25, 0.3) is 11.1 Å². The summed E-state index contributed by atoms with van der Waals surface area (Å²) in [4.78, 5) is 4.92. The molecule has 0 saturated carbocycles. The first-order valence-corrected chi connectivity index (χ1v) is 9.08. The molecular weight excluding hydrogens is 362 g/mol. The van der Waals surface area contributed by atoms with Crippen LogP contribution in [0.1, 0.15) is 29.7 Å². The van der Waals surface area contributed by atoms with Crippen LogP contribution in [0.5, 0.6) is 0 Å². The SMILES string of the molecule is Cc1nn2c(c1-c1ccc(Cl)cc1)N=C(c1ccco1)C[C@H]2c1ccco1. The summed E-state index contributed by atoms with van der Waals surface area (Å²) in [6, 6.07) is 15.3. The van der Waals surface area contributed by atoms with E-state index in [2.05, 4.69) is 0 Å². The van der Waals surface area contributed by atoms with Gasteiger partial charge in [0.05, 0.1) is 23.9 Å². The predicted molar refractivity (Wildman–Crippen MR) is 104 cm³/mol. The number of hydrogen-bond donors (Lipinski definition) is 0. The Bertz CT molecular complexity index is 1110. The number of aryl methyl sites for hydroxylation is 1. The molecule has 6 heteroatoms. The Kier molecular flexibility index (Phi) is 3.76. The molecule has 134 valence electrons. The van der Waals surface area contributed by atoms with Gasteiger partial charge in [-0.05, 0) is 48.9 Å². The minimum Gasteiger partial charge on any atom is -0.467 e. The normalized spacial score (nSPS) is 16.2. The molecule has 1 aliphatic heterocycles. The molecule has 3 aromatic heterocycles. The van der Waals surface area contributed by atoms with E-state index in [1.807, 2.05) is 60.1 Å². The van der Waals surface area contributed by atoms with Gasteiger partial charge in [-0.1, -0.05) is 23.7 Å². The van der Waals surface area contributed by atoms with Gasteiger partial charge in [-0.15, -0.1) is 0 Å². The zero-order valence-electron chi connectivity index (χ0n) is 14.6. The lowest BCUT2D eigenvalue weighted by atomic mass is 10.0. The largest absolute Gasteiger partial charge is 0.467 e. The highest BCUT2D eigenvalue weighted by molar-refractivity contribution is 6.30. The molecular formula is C21H16ClN3O2. The van der Waals surface area contributed by atoms with E-state index in [0.29, 0.717) is 11.4 Å². The minimum atomic E-state index is -0.0765. The fourth-order valence-electron chi connectivity index (χ4n) is 3.56. The predicted octanol–water partition coefficient (Wildman–Crippen LogP) is 5.81. The first-order valence-electron chi connectivity index (χ1n) is 8.70. The van der Waals surface area contributed by atoms with Crippen LogP contribution < -0.4 is 0 Å². The molecule has 0 unspecified atom stereocenters. The quantitative estimate of drug-likeness (QED) is 0.452. The molecule has 0 amide bonds. The second-order valence-electron chi connectivity index (χ2n) is 6.51. The third-order valence-corrected chi connectivity index (χ3v) is 5.05. The maximum atomic E-state index is 6.06. The van der Waals surface area contributed by atoms with E-state index >= 15 is 0 Å². The van der Waals surface area contributed by atoms with Crippen LogP contribution in [0.4, 0.5) is 5.82 Å². The van der Waals surface area contributed by atoms with Crippen molar-refractivity contribution in [3.8, 4) is 11.1 Å². The highest BCUT2D eigenvalue weighted by atomic mass is 35.5. The Hall–Kier alpha value is -3.05. The Morgan fingerprint density at radius 2 is 1.81 bits per heavy atom. The minimum absolute atomic E-state index is 0.0765. The van der Waals surface area contributed by atoms with Gasteiger partial charge in [0.15, 0.2) is 5.82 Å². The monoisotopic (exact) mass is 377 g/mol. The molecule has 0 aliphatic carbocycles. The number of hydrogen-bond acceptors (Lipinski definition) is 4. The molecule has 27 heavy (non-hydrogen) atoms. The Morgan fingerprint density at radius 1 is 1.04 bits per heavy atom. The molecule has 0 spiro atoms. The second kappa shape index (κ2) is 6.28. The van der Waals surface area contributed by atoms with Crippen molar-refractivity contribution in [2.75, 3.05) is 0 Å². The fourth-order valence-corrected chi connectivity index (χ4v) is 3.68. The van der Waals surface area contributed by atoms with E-state index in [-0.39, 0.29) is 6.04 Å². The summed E-state index contributed by atoms with van der Waals surface area (Å²) in [6.07, 6.45) is 4.00. The lowest BCUT2D eigenvalue weighted by Gasteiger charge is -2.22. The maximum absolute atomic E-state index is 6.06. The number of benzene rings is 1. The summed E-state index contributed by atoms with van der Waals surface area (Å²) in [7, 11) is 0. The third kappa shape index (κ3) is 2.71. The van der Waals surface area contributed by atoms with Crippen molar-refractivity contribution in [1.29, 1.82) is 0 Å². The van der Waals surface area contributed by atoms with Crippen molar-refractivity contribution in [2.45, 2.75) is 19.4 Å². The molecule has 4 aromatic rings. The average molecular weight is 378 g/mol. The van der Waals surface area contributed by atoms with Crippen LogP contribution in [0.2, 0.25) is 5.02 Å². The number of halogens is 1. The van der Waals surface area contributed by atoms with Crippen molar-refractivity contribution >= 4 is 23.1 Å². The van der Waals surface area contributed by atoms with Gasteiger partial charge in [-0.25, -0.2) is 9.67 Å². The Balaban J connectivity index is 1.73. The molecule has 0 saturated heterocycles. The van der Waals surface area contributed by atoms with Crippen LogP contribution in [0.15, 0.2) is 74.9 Å². The first-order chi connectivity index (χ1) is 13.2. The number of aliphatic imine (C=N–C) groups is 1. The summed E-state index contributed by atoms with van der Waals surface area (Å²) >= 11 is 6.06. The number of furan rings is 2. The molecule has 1 aliphatic rings. The van der Waals surface area contributed by atoms with Gasteiger partial charge >= 0.3 is 0 Å². The summed E-state index contributed by atoms with van der Waals surface area (Å²) in [5.41, 5.74) is 3.81. The maximum Gasteiger partial charge on any atom is 0.159 e. The van der Waals surface area contributed by atoms with Gasteiger partial charge in [-0.2, -0.15) is 5.10 Å². The summed E-state index contributed by atoms with van der Waals surface area (Å²) in [6.45, 7) is 2.00. The molecule has 5 nitrogen and oxygen atoms in total. The van der Waals surface area contributed by atoms with Crippen LogP contribution in [0.3, 0.4) is 0 Å². The highest BCUT2D eigenvalue weighted by Crippen LogP contribution is 2.41. The molecule has 0 bridgehead atoms. The van der Waals surface area contributed by atoms with Gasteiger partial charge in [0.1, 0.15) is 17.6 Å². The number of aromatic nitrogens is 2. The lowest BCUT2D eigenvalue weighted by Crippen LogP contribution is -2.20. The van der Waals surface area contributed by atoms with Crippen molar-refractivity contribution < 1.29 is 8.83 Å². The van der Waals surface area contributed by atoms with Crippen molar-refractivity contribution in [2.24, 2.45) is 4.99 Å². The summed E-state index contributed by atoms with van der Waals surface area (Å²) in [5.74, 6) is 2.41. The zero-order valence-corrected chi connectivity index (χ0v) is 15.3. The number of nitrogens with zero attached hydrogens (tertiary/aromatic N) is 3. The molecule has 0 fully saturated rings. The summed E-state index contributed by atoms with van der Waals surface area (Å²) < 4.78 is 13.3. The molecule has 0 N–H and O–H groups in total. The number of rotatable bonds is 3. The van der Waals surface area contributed by atoms with E-state index in [4.69, 9.17) is 30.5 Å². The van der Waals surface area contributed by atoms with Crippen LogP contribution in [0, 0.1) is 6.92 Å². The smallest absolute Gasteiger partial charge is 0.159 e. The second-order valence-corrected chi connectivity index (χ2v) is 6.94. The van der Waals surface area contributed by atoms with Gasteiger partial charge in [0.2, 0.25) is 0 Å². The Labute approximate surface area is 160 Å². The molecule has 5 rings (SSSR count).